The average molecular weight is 237 g/mol. The zero-order chi connectivity index (χ0) is 11.8. The monoisotopic (exact) mass is 237 g/mol. The number of nitriles is 1. The quantitative estimate of drug-likeness (QED) is 0.843. The van der Waals surface area contributed by atoms with E-state index >= 15 is 0 Å². The van der Waals surface area contributed by atoms with Crippen LogP contribution in [0, 0.1) is 16.7 Å². The van der Waals surface area contributed by atoms with Crippen LogP contribution in [-0.2, 0) is 0 Å². The predicted molar refractivity (Wildman–Crippen MR) is 65.8 cm³/mol. The van der Waals surface area contributed by atoms with Crippen molar-refractivity contribution in [3.05, 3.63) is 4.88 Å². The fourth-order valence-corrected chi connectivity index (χ4v) is 2.40. The number of hydrogen-bond acceptors (Lipinski definition) is 5. The van der Waals surface area contributed by atoms with Gasteiger partial charge < -0.3 is 15.8 Å². The van der Waals surface area contributed by atoms with E-state index in [9.17, 15) is 0 Å². The maximum Gasteiger partial charge on any atom is 0.177 e. The van der Waals surface area contributed by atoms with Crippen LogP contribution < -0.4 is 15.8 Å². The molecular weight excluding hydrogens is 222 g/mol. The average Bonchev–Trinajstić information content (AvgIpc) is 2.91. The standard InChI is InChI=1S/C11H15N3OS/c1-11(3-4-11)6-14-10-9(15-2)8(13)7(5-12)16-10/h14H,3-4,6,13H2,1-2H3. The summed E-state index contributed by atoms with van der Waals surface area (Å²) in [6.45, 7) is 3.16. The Morgan fingerprint density at radius 2 is 2.31 bits per heavy atom. The van der Waals surface area contributed by atoms with E-state index in [1.807, 2.05) is 0 Å². The third kappa shape index (κ3) is 1.93. The second-order valence-corrected chi connectivity index (χ2v) is 5.50. The Balaban J connectivity index is 2.16. The van der Waals surface area contributed by atoms with Crippen LogP contribution in [-0.4, -0.2) is 13.7 Å². The van der Waals surface area contributed by atoms with Gasteiger partial charge in [-0.05, 0) is 18.3 Å². The second kappa shape index (κ2) is 3.87. The minimum Gasteiger partial charge on any atom is -0.492 e. The Hall–Kier alpha value is -1.41. The van der Waals surface area contributed by atoms with Crippen LogP contribution in [0.3, 0.4) is 0 Å². The molecule has 0 unspecified atom stereocenters. The third-order valence-corrected chi connectivity index (χ3v) is 4.03. The lowest BCUT2D eigenvalue weighted by Crippen LogP contribution is -2.11. The molecule has 0 amide bonds. The van der Waals surface area contributed by atoms with Gasteiger partial charge in [0.2, 0.25) is 0 Å². The summed E-state index contributed by atoms with van der Waals surface area (Å²) in [5.41, 5.74) is 6.66. The number of rotatable bonds is 4. The van der Waals surface area contributed by atoms with E-state index in [1.165, 1.54) is 24.2 Å². The fraction of sp³-hybridized carbons (Fsp3) is 0.545. The molecule has 1 aromatic heterocycles. The van der Waals surface area contributed by atoms with Crippen molar-refractivity contribution in [2.45, 2.75) is 19.8 Å². The van der Waals surface area contributed by atoms with Gasteiger partial charge in [-0.3, -0.25) is 0 Å². The lowest BCUT2D eigenvalue weighted by atomic mass is 10.1. The van der Waals surface area contributed by atoms with Crippen LogP contribution in [0.25, 0.3) is 0 Å². The lowest BCUT2D eigenvalue weighted by molar-refractivity contribution is 0.419. The Labute approximate surface area is 99.0 Å². The molecule has 0 atom stereocenters. The maximum absolute atomic E-state index is 8.89. The van der Waals surface area contributed by atoms with Crippen LogP contribution in [0.2, 0.25) is 0 Å². The van der Waals surface area contributed by atoms with Gasteiger partial charge in [0, 0.05) is 6.54 Å². The molecule has 1 fully saturated rings. The summed E-state index contributed by atoms with van der Waals surface area (Å²) in [5.74, 6) is 0.603. The number of ether oxygens (including phenoxy) is 1. The normalized spacial score (nSPS) is 16.6. The molecule has 1 aliphatic carbocycles. The third-order valence-electron chi connectivity index (χ3n) is 2.98. The van der Waals surface area contributed by atoms with E-state index in [0.29, 0.717) is 21.7 Å². The molecule has 1 aromatic rings. The number of thiophene rings is 1. The Morgan fingerprint density at radius 3 is 2.81 bits per heavy atom. The zero-order valence-corrected chi connectivity index (χ0v) is 10.3. The first kappa shape index (κ1) is 11.1. The van der Waals surface area contributed by atoms with Crippen molar-refractivity contribution in [1.29, 1.82) is 5.26 Å². The number of nitrogens with one attached hydrogen (secondary N) is 1. The predicted octanol–water partition coefficient (Wildman–Crippen LogP) is 2.42. The van der Waals surface area contributed by atoms with Gasteiger partial charge in [0.1, 0.15) is 21.6 Å². The molecule has 0 bridgehead atoms. The van der Waals surface area contributed by atoms with Gasteiger partial charge in [-0.15, -0.1) is 11.3 Å². The molecule has 16 heavy (non-hydrogen) atoms. The van der Waals surface area contributed by atoms with Gasteiger partial charge in [0.05, 0.1) is 7.11 Å². The largest absolute Gasteiger partial charge is 0.492 e. The molecule has 1 heterocycles. The first-order chi connectivity index (χ1) is 7.59. The fourth-order valence-electron chi connectivity index (χ4n) is 1.51. The minimum absolute atomic E-state index is 0.413. The maximum atomic E-state index is 8.89. The molecule has 0 aliphatic heterocycles. The first-order valence-corrected chi connectivity index (χ1v) is 6.01. The Kier molecular flexibility index (Phi) is 2.68. The van der Waals surface area contributed by atoms with Gasteiger partial charge >= 0.3 is 0 Å². The molecule has 0 radical (unpaired) electrons. The number of methoxy groups -OCH3 is 1. The highest BCUT2D eigenvalue weighted by Crippen LogP contribution is 2.47. The van der Waals surface area contributed by atoms with Gasteiger partial charge in [0.25, 0.3) is 0 Å². The van der Waals surface area contributed by atoms with Crippen molar-refractivity contribution < 1.29 is 4.74 Å². The highest BCUT2D eigenvalue weighted by atomic mass is 32.1. The van der Waals surface area contributed by atoms with Gasteiger partial charge in [-0.25, -0.2) is 0 Å². The lowest BCUT2D eigenvalue weighted by Gasteiger charge is -2.11. The van der Waals surface area contributed by atoms with Crippen molar-refractivity contribution >= 4 is 22.0 Å². The van der Waals surface area contributed by atoms with E-state index in [2.05, 4.69) is 18.3 Å². The Bertz CT molecular complexity index is 443. The first-order valence-electron chi connectivity index (χ1n) is 5.20. The molecule has 4 nitrogen and oxygen atoms in total. The number of nitrogen functional groups attached to an aromatic ring is 1. The van der Waals surface area contributed by atoms with Crippen molar-refractivity contribution in [2.24, 2.45) is 5.41 Å². The topological polar surface area (TPSA) is 71.1 Å². The van der Waals surface area contributed by atoms with E-state index in [1.54, 1.807) is 7.11 Å². The summed E-state index contributed by atoms with van der Waals surface area (Å²) >= 11 is 1.36. The summed E-state index contributed by atoms with van der Waals surface area (Å²) < 4.78 is 5.22. The molecule has 86 valence electrons. The minimum atomic E-state index is 0.413. The highest BCUT2D eigenvalue weighted by Gasteiger charge is 2.37. The van der Waals surface area contributed by atoms with Gasteiger partial charge in [-0.1, -0.05) is 6.92 Å². The number of nitrogens with zero attached hydrogens (tertiary/aromatic N) is 1. The van der Waals surface area contributed by atoms with Crippen molar-refractivity contribution in [3.63, 3.8) is 0 Å². The molecule has 3 N–H and O–H groups in total. The number of nitrogens with two attached hydrogens (primary N) is 1. The molecule has 0 spiro atoms. The van der Waals surface area contributed by atoms with E-state index in [-0.39, 0.29) is 0 Å². The van der Waals surface area contributed by atoms with Crippen LogP contribution in [0.5, 0.6) is 5.75 Å². The molecule has 0 aromatic carbocycles. The molecular formula is C11H15N3OS. The molecule has 5 heteroatoms. The second-order valence-electron chi connectivity index (χ2n) is 4.48. The number of hydrogen-bond donors (Lipinski definition) is 2. The summed E-state index contributed by atoms with van der Waals surface area (Å²) in [6, 6.07) is 2.08. The van der Waals surface area contributed by atoms with Crippen molar-refractivity contribution in [2.75, 3.05) is 24.7 Å². The smallest absolute Gasteiger partial charge is 0.177 e. The van der Waals surface area contributed by atoms with Crippen molar-refractivity contribution in [3.8, 4) is 11.8 Å². The van der Waals surface area contributed by atoms with Crippen LogP contribution in [0.1, 0.15) is 24.6 Å². The molecule has 1 aliphatic rings. The van der Waals surface area contributed by atoms with Crippen LogP contribution in [0.4, 0.5) is 10.7 Å². The van der Waals surface area contributed by atoms with E-state index < -0.39 is 0 Å². The summed E-state index contributed by atoms with van der Waals surface area (Å²) in [5, 5.41) is 13.1. The summed E-state index contributed by atoms with van der Waals surface area (Å²) in [4.78, 5) is 0.514. The van der Waals surface area contributed by atoms with E-state index in [0.717, 1.165) is 11.5 Å². The summed E-state index contributed by atoms with van der Waals surface area (Å²) in [6.07, 6.45) is 2.52. The molecule has 1 saturated carbocycles. The van der Waals surface area contributed by atoms with E-state index in [4.69, 9.17) is 15.7 Å². The molecule has 0 saturated heterocycles. The van der Waals surface area contributed by atoms with Crippen molar-refractivity contribution in [1.82, 2.24) is 0 Å². The zero-order valence-electron chi connectivity index (χ0n) is 9.46. The van der Waals surface area contributed by atoms with Crippen LogP contribution >= 0.6 is 11.3 Å². The SMILES string of the molecule is COc1c(NCC2(C)CC2)sc(C#N)c1N. The summed E-state index contributed by atoms with van der Waals surface area (Å²) in [7, 11) is 1.57. The van der Waals surface area contributed by atoms with Gasteiger partial charge in [0.15, 0.2) is 5.75 Å². The van der Waals surface area contributed by atoms with Crippen LogP contribution in [0.15, 0.2) is 0 Å². The number of anilines is 2. The van der Waals surface area contributed by atoms with Gasteiger partial charge in [-0.2, -0.15) is 5.26 Å². The Morgan fingerprint density at radius 1 is 1.62 bits per heavy atom. The highest BCUT2D eigenvalue weighted by molar-refractivity contribution is 7.17. The molecule has 2 rings (SSSR count).